The van der Waals surface area contributed by atoms with Crippen molar-refractivity contribution in [3.8, 4) is 0 Å². The van der Waals surface area contributed by atoms with E-state index < -0.39 is 0 Å². The van der Waals surface area contributed by atoms with Crippen molar-refractivity contribution in [1.29, 1.82) is 0 Å². The lowest BCUT2D eigenvalue weighted by atomic mass is 10.2. The molecule has 0 saturated carbocycles. The number of nitrogens with one attached hydrogen (secondary N) is 2. The van der Waals surface area contributed by atoms with Gasteiger partial charge in [0.15, 0.2) is 5.82 Å². The largest absolute Gasteiger partial charge is 0.353 e. The van der Waals surface area contributed by atoms with E-state index in [1.54, 1.807) is 0 Å². The monoisotopic (exact) mass is 379 g/mol. The van der Waals surface area contributed by atoms with E-state index in [1.165, 1.54) is 0 Å². The fourth-order valence-electron chi connectivity index (χ4n) is 2.98. The van der Waals surface area contributed by atoms with Crippen LogP contribution in [0.4, 0.5) is 5.82 Å². The number of fused-ring (bicyclic) bond motifs is 3. The molecular weight excluding hydrogens is 366 g/mol. The van der Waals surface area contributed by atoms with Gasteiger partial charge in [0.25, 0.3) is 0 Å². The molecule has 0 aliphatic carbocycles. The fourth-order valence-corrected chi connectivity index (χ4v) is 3.51. The second kappa shape index (κ2) is 5.68. The second-order valence-electron chi connectivity index (χ2n) is 5.45. The first-order valence-corrected chi connectivity index (χ1v) is 8.49. The standard InChI is InChI=1S/C15H15BrClN5/c16-9-2-3-10-11(8-9)19-13-12(10)20-15(17)21-14(13)22-6-1-4-18-5-7-22/h2-3,8,18-19H,1,4-7H2. The highest BCUT2D eigenvalue weighted by molar-refractivity contribution is 9.10. The Morgan fingerprint density at radius 2 is 2.09 bits per heavy atom. The van der Waals surface area contributed by atoms with Crippen molar-refractivity contribution in [2.45, 2.75) is 6.42 Å². The molecule has 0 radical (unpaired) electrons. The third-order valence-corrected chi connectivity index (χ3v) is 4.66. The van der Waals surface area contributed by atoms with Crippen LogP contribution in [0.25, 0.3) is 21.9 Å². The first kappa shape index (κ1) is 14.2. The third-order valence-electron chi connectivity index (χ3n) is 4.00. The summed E-state index contributed by atoms with van der Waals surface area (Å²) in [6.07, 6.45) is 1.09. The molecule has 2 aromatic heterocycles. The normalized spacial score (nSPS) is 16.4. The summed E-state index contributed by atoms with van der Waals surface area (Å²) < 4.78 is 1.03. The summed E-state index contributed by atoms with van der Waals surface area (Å²) in [6, 6.07) is 6.12. The minimum Gasteiger partial charge on any atom is -0.353 e. The van der Waals surface area contributed by atoms with Crippen molar-refractivity contribution >= 4 is 55.3 Å². The molecule has 0 unspecified atom stereocenters. The van der Waals surface area contributed by atoms with Gasteiger partial charge in [0, 0.05) is 35.0 Å². The molecule has 0 bridgehead atoms. The smallest absolute Gasteiger partial charge is 0.225 e. The Labute approximate surface area is 141 Å². The molecule has 7 heteroatoms. The maximum atomic E-state index is 6.18. The van der Waals surface area contributed by atoms with Gasteiger partial charge in [0.2, 0.25) is 5.28 Å². The number of aromatic nitrogens is 3. The zero-order valence-electron chi connectivity index (χ0n) is 11.9. The Kier molecular flexibility index (Phi) is 3.68. The number of anilines is 1. The number of hydrogen-bond donors (Lipinski definition) is 2. The summed E-state index contributed by atoms with van der Waals surface area (Å²) in [7, 11) is 0. The maximum absolute atomic E-state index is 6.18. The van der Waals surface area contributed by atoms with Gasteiger partial charge in [-0.2, -0.15) is 4.98 Å². The van der Waals surface area contributed by atoms with E-state index in [2.05, 4.69) is 53.2 Å². The van der Waals surface area contributed by atoms with Crippen molar-refractivity contribution in [2.75, 3.05) is 31.1 Å². The number of nitrogens with zero attached hydrogens (tertiary/aromatic N) is 3. The summed E-state index contributed by atoms with van der Waals surface area (Å²) in [5, 5.41) is 4.77. The molecule has 3 aromatic rings. The molecule has 1 fully saturated rings. The molecule has 1 aromatic carbocycles. The minimum absolute atomic E-state index is 0.295. The van der Waals surface area contributed by atoms with Gasteiger partial charge >= 0.3 is 0 Å². The predicted octanol–water partition coefficient (Wildman–Crippen LogP) is 3.33. The summed E-state index contributed by atoms with van der Waals surface area (Å²) in [5.74, 6) is 0.894. The average molecular weight is 381 g/mol. The number of hydrogen-bond acceptors (Lipinski definition) is 4. The number of aromatic amines is 1. The first-order chi connectivity index (χ1) is 10.7. The van der Waals surface area contributed by atoms with Crippen LogP contribution in [0, 0.1) is 0 Å². The number of H-pyrrole nitrogens is 1. The quantitative estimate of drug-likeness (QED) is 0.636. The highest BCUT2D eigenvalue weighted by Crippen LogP contribution is 2.32. The van der Waals surface area contributed by atoms with E-state index in [0.29, 0.717) is 5.28 Å². The summed E-state index contributed by atoms with van der Waals surface area (Å²) in [6.45, 7) is 3.88. The van der Waals surface area contributed by atoms with Crippen LogP contribution in [0.15, 0.2) is 22.7 Å². The van der Waals surface area contributed by atoms with Gasteiger partial charge in [-0.15, -0.1) is 0 Å². The molecule has 2 N–H and O–H groups in total. The van der Waals surface area contributed by atoms with Crippen molar-refractivity contribution in [3.63, 3.8) is 0 Å². The Morgan fingerprint density at radius 1 is 1.18 bits per heavy atom. The van der Waals surface area contributed by atoms with Gasteiger partial charge in [0.05, 0.1) is 0 Å². The highest BCUT2D eigenvalue weighted by Gasteiger charge is 2.18. The second-order valence-corrected chi connectivity index (χ2v) is 6.70. The molecule has 0 atom stereocenters. The van der Waals surface area contributed by atoms with Gasteiger partial charge in [-0.1, -0.05) is 15.9 Å². The van der Waals surface area contributed by atoms with Crippen molar-refractivity contribution in [1.82, 2.24) is 20.3 Å². The number of benzene rings is 1. The Morgan fingerprint density at radius 3 is 3.00 bits per heavy atom. The molecule has 1 aliphatic rings. The summed E-state index contributed by atoms with van der Waals surface area (Å²) in [5.41, 5.74) is 2.88. The Hall–Kier alpha value is -1.37. The van der Waals surface area contributed by atoms with E-state index in [-0.39, 0.29) is 0 Å². The van der Waals surface area contributed by atoms with Crippen LogP contribution in [0.1, 0.15) is 6.42 Å². The molecule has 1 aliphatic heterocycles. The zero-order chi connectivity index (χ0) is 15.1. The van der Waals surface area contributed by atoms with Crippen LogP contribution >= 0.6 is 27.5 Å². The molecular formula is C15H15BrClN5. The fraction of sp³-hybridized carbons (Fsp3) is 0.333. The van der Waals surface area contributed by atoms with Crippen LogP contribution in [0.2, 0.25) is 5.28 Å². The third kappa shape index (κ3) is 2.45. The molecule has 0 spiro atoms. The van der Waals surface area contributed by atoms with Crippen molar-refractivity contribution in [3.05, 3.63) is 28.0 Å². The van der Waals surface area contributed by atoms with Crippen molar-refractivity contribution < 1.29 is 0 Å². The lowest BCUT2D eigenvalue weighted by Gasteiger charge is -2.21. The van der Waals surface area contributed by atoms with Crippen LogP contribution < -0.4 is 10.2 Å². The molecule has 4 rings (SSSR count). The Balaban J connectivity index is 1.95. The van der Waals surface area contributed by atoms with Gasteiger partial charge in [0.1, 0.15) is 11.0 Å². The molecule has 0 amide bonds. The van der Waals surface area contributed by atoms with Crippen LogP contribution in [0.3, 0.4) is 0 Å². The summed E-state index contributed by atoms with van der Waals surface area (Å²) in [4.78, 5) is 14.7. The number of rotatable bonds is 1. The molecule has 3 heterocycles. The average Bonchev–Trinajstić information content (AvgIpc) is 2.69. The molecule has 114 valence electrons. The predicted molar refractivity (Wildman–Crippen MR) is 93.8 cm³/mol. The van der Waals surface area contributed by atoms with E-state index in [1.807, 2.05) is 6.07 Å². The lowest BCUT2D eigenvalue weighted by molar-refractivity contribution is 0.724. The minimum atomic E-state index is 0.295. The SMILES string of the molecule is Clc1nc(N2CCCNCC2)c2[nH]c3cc(Br)ccc3c2n1. The van der Waals surface area contributed by atoms with Gasteiger partial charge in [-0.3, -0.25) is 0 Å². The molecule has 22 heavy (non-hydrogen) atoms. The van der Waals surface area contributed by atoms with Crippen molar-refractivity contribution in [2.24, 2.45) is 0 Å². The number of halogens is 2. The molecule has 5 nitrogen and oxygen atoms in total. The Bertz CT molecular complexity index is 839. The topological polar surface area (TPSA) is 56.8 Å². The van der Waals surface area contributed by atoms with E-state index in [9.17, 15) is 0 Å². The highest BCUT2D eigenvalue weighted by atomic mass is 79.9. The van der Waals surface area contributed by atoms with Gasteiger partial charge < -0.3 is 15.2 Å². The summed E-state index contributed by atoms with van der Waals surface area (Å²) >= 11 is 9.69. The first-order valence-electron chi connectivity index (χ1n) is 7.32. The lowest BCUT2D eigenvalue weighted by Crippen LogP contribution is -2.29. The van der Waals surface area contributed by atoms with Gasteiger partial charge in [-0.25, -0.2) is 4.98 Å². The van der Waals surface area contributed by atoms with Crippen LogP contribution in [-0.4, -0.2) is 41.1 Å². The zero-order valence-corrected chi connectivity index (χ0v) is 14.2. The van der Waals surface area contributed by atoms with Crippen LogP contribution in [0.5, 0.6) is 0 Å². The van der Waals surface area contributed by atoms with Gasteiger partial charge in [-0.05, 0) is 42.8 Å². The van der Waals surface area contributed by atoms with Crippen LogP contribution in [-0.2, 0) is 0 Å². The van der Waals surface area contributed by atoms with E-state index >= 15 is 0 Å². The van der Waals surface area contributed by atoms with E-state index in [0.717, 1.165) is 64.8 Å². The molecule has 1 saturated heterocycles. The van der Waals surface area contributed by atoms with E-state index in [4.69, 9.17) is 11.6 Å². The maximum Gasteiger partial charge on any atom is 0.225 e.